The molecule has 0 heterocycles. The number of hydrogen-bond acceptors (Lipinski definition) is 0. The third kappa shape index (κ3) is 6.89. The first-order valence-electron chi connectivity index (χ1n) is 3.95. The summed E-state index contributed by atoms with van der Waals surface area (Å²) < 4.78 is 1.46. The van der Waals surface area contributed by atoms with Gasteiger partial charge in [-0.3, -0.25) is 0 Å². The predicted molar refractivity (Wildman–Crippen MR) is 43.8 cm³/mol. The summed E-state index contributed by atoms with van der Waals surface area (Å²) in [5.74, 6) is 0.955. The summed E-state index contributed by atoms with van der Waals surface area (Å²) in [6, 6.07) is 0. The predicted octanol–water partition coefficient (Wildman–Crippen LogP) is 2.65. The van der Waals surface area contributed by atoms with Crippen LogP contribution in [0.1, 0.15) is 34.1 Å². The molecule has 0 aliphatic heterocycles. The van der Waals surface area contributed by atoms with Crippen LogP contribution in [-0.2, 0) is 0 Å². The molecule has 0 N–H and O–H groups in total. The fraction of sp³-hybridized carbons (Fsp3) is 1.00. The summed E-state index contributed by atoms with van der Waals surface area (Å²) in [6.07, 6.45) is 1.39. The molecule has 1 heteroatoms. The van der Waals surface area contributed by atoms with E-state index in [9.17, 15) is 0 Å². The summed E-state index contributed by atoms with van der Waals surface area (Å²) in [5.41, 5.74) is 0.545. The van der Waals surface area contributed by atoms with Gasteiger partial charge in [-0.05, 0) is 0 Å². The van der Waals surface area contributed by atoms with Gasteiger partial charge in [0.25, 0.3) is 0 Å². The molecule has 1 unspecified atom stereocenters. The Balaban J connectivity index is 3.47. The van der Waals surface area contributed by atoms with Crippen LogP contribution in [0.2, 0.25) is 3.67 Å². The Kier molecular flexibility index (Phi) is 4.44. The van der Waals surface area contributed by atoms with E-state index in [0.717, 1.165) is 5.92 Å². The van der Waals surface area contributed by atoms with Gasteiger partial charge >= 0.3 is 77.0 Å². The zero-order chi connectivity index (χ0) is 7.49. The fourth-order valence-electron chi connectivity index (χ4n) is 1.19. The Bertz CT molecular complexity index is 71.1. The topological polar surface area (TPSA) is 0 Å². The average Bonchev–Trinajstić information content (AvgIpc) is 1.62. The second-order valence-electron chi connectivity index (χ2n) is 4.28. The van der Waals surface area contributed by atoms with E-state index in [1.807, 2.05) is 0 Å². The van der Waals surface area contributed by atoms with Gasteiger partial charge in [-0.1, -0.05) is 0 Å². The van der Waals surface area contributed by atoms with E-state index >= 15 is 0 Å². The summed E-state index contributed by atoms with van der Waals surface area (Å²) in [6.45, 7) is 9.32. The SMILES string of the molecule is CC([CH2][Na])CC(C)(C)C. The van der Waals surface area contributed by atoms with Gasteiger partial charge in [0.2, 0.25) is 0 Å². The maximum atomic E-state index is 2.36. The summed E-state index contributed by atoms with van der Waals surface area (Å²) >= 11 is 1.37. The molecule has 0 fully saturated rings. The minimum absolute atomic E-state index is 0.545. The van der Waals surface area contributed by atoms with E-state index in [-0.39, 0.29) is 0 Å². The number of hydrogen-bond donors (Lipinski definition) is 0. The van der Waals surface area contributed by atoms with E-state index in [0.29, 0.717) is 5.41 Å². The summed E-state index contributed by atoms with van der Waals surface area (Å²) in [7, 11) is 0. The zero-order valence-electron chi connectivity index (χ0n) is 7.49. The molecule has 0 spiro atoms. The Hall–Kier alpha value is 1.00. The van der Waals surface area contributed by atoms with Gasteiger partial charge < -0.3 is 0 Å². The molecule has 0 amide bonds. The second kappa shape index (κ2) is 4.00. The van der Waals surface area contributed by atoms with Crippen LogP contribution in [0.4, 0.5) is 0 Å². The molecular weight excluding hydrogens is 119 g/mol. The van der Waals surface area contributed by atoms with E-state index in [2.05, 4.69) is 27.7 Å². The van der Waals surface area contributed by atoms with Crippen molar-refractivity contribution in [1.82, 2.24) is 0 Å². The molecule has 9 heavy (non-hydrogen) atoms. The van der Waals surface area contributed by atoms with Gasteiger partial charge in [0.05, 0.1) is 0 Å². The van der Waals surface area contributed by atoms with Crippen molar-refractivity contribution in [2.24, 2.45) is 11.3 Å². The van der Waals surface area contributed by atoms with Crippen molar-refractivity contribution in [3.05, 3.63) is 0 Å². The molecule has 0 aromatic heterocycles. The van der Waals surface area contributed by atoms with Crippen molar-refractivity contribution in [2.75, 3.05) is 0 Å². The first-order chi connectivity index (χ1) is 3.95. The van der Waals surface area contributed by atoms with Crippen LogP contribution in [0.25, 0.3) is 0 Å². The van der Waals surface area contributed by atoms with Crippen LogP contribution in [-0.4, -0.2) is 27.9 Å². The maximum absolute atomic E-state index is 2.36. The first kappa shape index (κ1) is 10.0. The molecule has 50 valence electrons. The molecule has 0 nitrogen and oxygen atoms in total. The molecule has 0 bridgehead atoms. The van der Waals surface area contributed by atoms with Crippen molar-refractivity contribution >= 4 is 27.9 Å². The van der Waals surface area contributed by atoms with Gasteiger partial charge in [-0.15, -0.1) is 0 Å². The monoisotopic (exact) mass is 136 g/mol. The number of rotatable bonds is 2. The zero-order valence-corrected chi connectivity index (χ0v) is 9.49. The van der Waals surface area contributed by atoms with E-state index in [1.54, 1.807) is 0 Å². The van der Waals surface area contributed by atoms with Gasteiger partial charge in [-0.25, -0.2) is 0 Å². The van der Waals surface area contributed by atoms with Crippen LogP contribution in [0, 0.1) is 11.3 Å². The van der Waals surface area contributed by atoms with Crippen molar-refractivity contribution in [3.63, 3.8) is 0 Å². The minimum atomic E-state index is 0.545. The van der Waals surface area contributed by atoms with Crippen LogP contribution in [0.15, 0.2) is 0 Å². The van der Waals surface area contributed by atoms with Gasteiger partial charge in [0.15, 0.2) is 0 Å². The van der Waals surface area contributed by atoms with E-state index < -0.39 is 0 Å². The van der Waals surface area contributed by atoms with Gasteiger partial charge in [0, 0.05) is 0 Å². The molecule has 0 aromatic rings. The summed E-state index contributed by atoms with van der Waals surface area (Å²) in [4.78, 5) is 0. The molecule has 0 saturated heterocycles. The molecule has 0 aliphatic rings. The van der Waals surface area contributed by atoms with E-state index in [4.69, 9.17) is 0 Å². The van der Waals surface area contributed by atoms with Crippen molar-refractivity contribution in [2.45, 2.75) is 37.8 Å². The normalized spacial score (nSPS) is 15.8. The summed E-state index contributed by atoms with van der Waals surface area (Å²) in [5, 5.41) is 0. The van der Waals surface area contributed by atoms with Crippen molar-refractivity contribution in [1.29, 1.82) is 0 Å². The molecular formula is C8H17Na. The third-order valence-electron chi connectivity index (χ3n) is 1.66. The molecule has 0 aliphatic carbocycles. The molecule has 0 rings (SSSR count). The Labute approximate surface area is 76.8 Å². The Morgan fingerprint density at radius 2 is 1.78 bits per heavy atom. The fourth-order valence-corrected chi connectivity index (χ4v) is 1.48. The van der Waals surface area contributed by atoms with Gasteiger partial charge in [-0.2, -0.15) is 0 Å². The molecule has 0 radical (unpaired) electrons. The van der Waals surface area contributed by atoms with Gasteiger partial charge in [0.1, 0.15) is 0 Å². The molecule has 0 saturated carbocycles. The standard InChI is InChI=1S/C8H17.Na/c1-7(2)6-8(3,4)5;/h7H,1,6H2,2-5H3;. The molecule has 0 aromatic carbocycles. The quantitative estimate of drug-likeness (QED) is 0.512. The van der Waals surface area contributed by atoms with Crippen LogP contribution in [0.3, 0.4) is 0 Å². The van der Waals surface area contributed by atoms with E-state index in [1.165, 1.54) is 38.0 Å². The first-order valence-corrected chi connectivity index (χ1v) is 5.37. The van der Waals surface area contributed by atoms with Crippen molar-refractivity contribution < 1.29 is 0 Å². The third-order valence-corrected chi connectivity index (χ3v) is 3.05. The molecule has 1 atom stereocenters. The van der Waals surface area contributed by atoms with Crippen LogP contribution < -0.4 is 0 Å². The van der Waals surface area contributed by atoms with Crippen LogP contribution >= 0.6 is 0 Å². The second-order valence-corrected chi connectivity index (χ2v) is 5.09. The Morgan fingerprint density at radius 1 is 1.33 bits per heavy atom. The van der Waals surface area contributed by atoms with Crippen LogP contribution in [0.5, 0.6) is 0 Å². The van der Waals surface area contributed by atoms with Crippen molar-refractivity contribution in [3.8, 4) is 0 Å². The Morgan fingerprint density at radius 3 is 1.89 bits per heavy atom. The average molecular weight is 136 g/mol.